The molecule has 0 saturated carbocycles. The average molecular weight is 509 g/mol. The number of benzene rings is 1. The van der Waals surface area contributed by atoms with Crippen LogP contribution in [-0.2, 0) is 15.7 Å². The number of ketones is 1. The second-order valence-electron chi connectivity index (χ2n) is 9.85. The van der Waals surface area contributed by atoms with E-state index >= 15 is 0 Å². The Balaban J connectivity index is 1.80. The molecule has 0 bridgehead atoms. The Bertz CT molecular complexity index is 1130. The van der Waals surface area contributed by atoms with Gasteiger partial charge >= 0.3 is 12.3 Å². The summed E-state index contributed by atoms with van der Waals surface area (Å²) in [6, 6.07) is 4.20. The van der Waals surface area contributed by atoms with Gasteiger partial charge in [-0.2, -0.15) is 13.2 Å². The minimum atomic E-state index is -4.49. The number of alkyl halides is 3. The monoisotopic (exact) mass is 508 g/mol. The van der Waals surface area contributed by atoms with E-state index in [-0.39, 0.29) is 24.1 Å². The van der Waals surface area contributed by atoms with Crippen LogP contribution in [0, 0.1) is 6.92 Å². The lowest BCUT2D eigenvalue weighted by Crippen LogP contribution is -2.54. The number of amides is 1. The average Bonchev–Trinajstić information content (AvgIpc) is 2.77. The Morgan fingerprint density at radius 2 is 1.81 bits per heavy atom. The van der Waals surface area contributed by atoms with Crippen LogP contribution < -0.4 is 10.1 Å². The van der Waals surface area contributed by atoms with Crippen LogP contribution in [0.3, 0.4) is 0 Å². The lowest BCUT2D eigenvalue weighted by Gasteiger charge is -2.39. The van der Waals surface area contributed by atoms with Crippen LogP contribution in [0.4, 0.5) is 23.8 Å². The molecule has 0 aliphatic carbocycles. The molecular formula is C25H31F3N4O4. The first-order chi connectivity index (χ1) is 16.7. The van der Waals surface area contributed by atoms with Gasteiger partial charge in [0.25, 0.3) is 0 Å². The fraction of sp³-hybridized carbons (Fsp3) is 0.520. The highest BCUT2D eigenvalue weighted by Crippen LogP contribution is 2.37. The van der Waals surface area contributed by atoms with Crippen LogP contribution in [0.25, 0.3) is 11.3 Å². The standard InChI is InChI=1S/C25H31F3N4O4/c1-14-11-21(30-31-22(14)18-9-7-16(25(26,27)28)12-20(18)35-6)29-17-8-10-19(15(2)33)32(13-17)23(34)36-24(3,4)5/h7,9,11-12,17,19H,8,10,13H2,1-6H3,(H,29,30)/t17-,19+/m1/s1. The van der Waals surface area contributed by atoms with Gasteiger partial charge in [0.2, 0.25) is 0 Å². The van der Waals surface area contributed by atoms with Crippen molar-refractivity contribution in [2.75, 3.05) is 19.0 Å². The number of carbonyl (C=O) groups excluding carboxylic acids is 2. The van der Waals surface area contributed by atoms with Crippen LogP contribution in [0.2, 0.25) is 0 Å². The zero-order chi connectivity index (χ0) is 26.8. The maximum Gasteiger partial charge on any atom is 0.416 e. The SMILES string of the molecule is COc1cc(C(F)(F)F)ccc1-c1nnc(N[C@@H]2CC[C@@H](C(C)=O)N(C(=O)OC(C)(C)C)C2)cc1C. The van der Waals surface area contributed by atoms with Gasteiger partial charge in [0.15, 0.2) is 5.78 Å². The molecule has 2 heterocycles. The zero-order valence-electron chi connectivity index (χ0n) is 21.2. The van der Waals surface area contributed by atoms with Crippen molar-refractivity contribution < 1.29 is 32.2 Å². The van der Waals surface area contributed by atoms with Crippen molar-refractivity contribution in [3.8, 4) is 17.0 Å². The largest absolute Gasteiger partial charge is 0.496 e. The maximum atomic E-state index is 13.1. The molecule has 2 atom stereocenters. The minimum absolute atomic E-state index is 0.0403. The van der Waals surface area contributed by atoms with Gasteiger partial charge in [0, 0.05) is 18.2 Å². The number of nitrogens with one attached hydrogen (secondary N) is 1. The molecule has 1 aromatic carbocycles. The predicted octanol–water partition coefficient (Wildman–Crippen LogP) is 5.25. The Hall–Kier alpha value is -3.37. The fourth-order valence-corrected chi connectivity index (χ4v) is 4.13. The number of halogens is 3. The van der Waals surface area contributed by atoms with Crippen molar-refractivity contribution >= 4 is 17.7 Å². The van der Waals surface area contributed by atoms with Crippen molar-refractivity contribution in [2.24, 2.45) is 0 Å². The smallest absolute Gasteiger partial charge is 0.416 e. The van der Waals surface area contributed by atoms with Gasteiger partial charge in [0.05, 0.1) is 24.4 Å². The molecule has 1 aliphatic rings. The summed E-state index contributed by atoms with van der Waals surface area (Å²) in [4.78, 5) is 26.3. The number of anilines is 1. The molecule has 11 heteroatoms. The van der Waals surface area contributed by atoms with Gasteiger partial charge in [-0.05, 0) is 77.3 Å². The maximum absolute atomic E-state index is 13.1. The number of hydrogen-bond acceptors (Lipinski definition) is 7. The summed E-state index contributed by atoms with van der Waals surface area (Å²) in [5.74, 6) is 0.376. The van der Waals surface area contributed by atoms with Crippen molar-refractivity contribution in [3.63, 3.8) is 0 Å². The van der Waals surface area contributed by atoms with Crippen LogP contribution >= 0.6 is 0 Å². The third-order valence-electron chi connectivity index (χ3n) is 5.80. The van der Waals surface area contributed by atoms with Gasteiger partial charge < -0.3 is 14.8 Å². The molecule has 2 aromatic rings. The number of aryl methyl sites for hydroxylation is 1. The summed E-state index contributed by atoms with van der Waals surface area (Å²) in [5, 5.41) is 11.7. The number of rotatable bonds is 5. The zero-order valence-corrected chi connectivity index (χ0v) is 21.2. The number of likely N-dealkylation sites (tertiary alicyclic amines) is 1. The molecule has 0 spiro atoms. The lowest BCUT2D eigenvalue weighted by atomic mass is 9.96. The molecule has 1 aliphatic heterocycles. The van der Waals surface area contributed by atoms with Gasteiger partial charge in [-0.1, -0.05) is 0 Å². The first-order valence-corrected chi connectivity index (χ1v) is 11.6. The number of piperidine rings is 1. The van der Waals surface area contributed by atoms with Gasteiger partial charge in [0.1, 0.15) is 17.2 Å². The summed E-state index contributed by atoms with van der Waals surface area (Å²) < 4.78 is 49.9. The number of nitrogens with zero attached hydrogens (tertiary/aromatic N) is 3. The van der Waals surface area contributed by atoms with E-state index in [1.165, 1.54) is 25.0 Å². The van der Waals surface area contributed by atoms with Crippen molar-refractivity contribution in [3.05, 3.63) is 35.4 Å². The molecule has 196 valence electrons. The molecule has 1 amide bonds. The molecule has 8 nitrogen and oxygen atoms in total. The van der Waals surface area contributed by atoms with E-state index in [1.807, 2.05) is 0 Å². The first kappa shape index (κ1) is 27.2. The summed E-state index contributed by atoms with van der Waals surface area (Å²) in [7, 11) is 1.30. The number of Topliss-reactive ketones (excluding diaryl/α,β-unsaturated/α-hetero) is 1. The lowest BCUT2D eigenvalue weighted by molar-refractivity contribution is -0.137. The van der Waals surface area contributed by atoms with E-state index in [1.54, 1.807) is 33.8 Å². The number of hydrogen-bond donors (Lipinski definition) is 1. The molecule has 1 aromatic heterocycles. The van der Waals surface area contributed by atoms with E-state index in [0.717, 1.165) is 12.1 Å². The van der Waals surface area contributed by atoms with Crippen LogP contribution in [0.5, 0.6) is 5.75 Å². The topological polar surface area (TPSA) is 93.7 Å². The summed E-state index contributed by atoms with van der Waals surface area (Å²) >= 11 is 0. The van der Waals surface area contributed by atoms with Crippen molar-refractivity contribution in [1.29, 1.82) is 0 Å². The molecular weight excluding hydrogens is 477 g/mol. The van der Waals surface area contributed by atoms with Crippen LogP contribution in [0.15, 0.2) is 24.3 Å². The summed E-state index contributed by atoms with van der Waals surface area (Å²) in [6.07, 6.45) is -3.95. The Kier molecular flexibility index (Phi) is 7.80. The van der Waals surface area contributed by atoms with Crippen LogP contribution in [0.1, 0.15) is 51.7 Å². The number of aromatic nitrogens is 2. The number of ether oxygens (including phenoxy) is 2. The highest BCUT2D eigenvalue weighted by Gasteiger charge is 2.37. The van der Waals surface area contributed by atoms with E-state index in [2.05, 4.69) is 15.5 Å². The second-order valence-corrected chi connectivity index (χ2v) is 9.85. The highest BCUT2D eigenvalue weighted by molar-refractivity contribution is 5.85. The fourth-order valence-electron chi connectivity index (χ4n) is 4.13. The minimum Gasteiger partial charge on any atom is -0.496 e. The van der Waals surface area contributed by atoms with Gasteiger partial charge in [-0.15, -0.1) is 10.2 Å². The van der Waals surface area contributed by atoms with Crippen LogP contribution in [-0.4, -0.2) is 58.3 Å². The number of methoxy groups -OCH3 is 1. The van der Waals surface area contributed by atoms with Gasteiger partial charge in [-0.25, -0.2) is 4.79 Å². The second kappa shape index (κ2) is 10.3. The third kappa shape index (κ3) is 6.44. The van der Waals surface area contributed by atoms with E-state index in [4.69, 9.17) is 9.47 Å². The first-order valence-electron chi connectivity index (χ1n) is 11.6. The van der Waals surface area contributed by atoms with Gasteiger partial charge in [-0.3, -0.25) is 9.69 Å². The molecule has 1 N–H and O–H groups in total. The Morgan fingerprint density at radius 3 is 2.36 bits per heavy atom. The molecule has 3 rings (SSSR count). The normalized spacial score (nSPS) is 18.5. The molecule has 36 heavy (non-hydrogen) atoms. The third-order valence-corrected chi connectivity index (χ3v) is 5.80. The summed E-state index contributed by atoms with van der Waals surface area (Å²) in [6.45, 7) is 8.76. The summed E-state index contributed by atoms with van der Waals surface area (Å²) in [5.41, 5.74) is -0.0621. The van der Waals surface area contributed by atoms with E-state index < -0.39 is 29.5 Å². The van der Waals surface area contributed by atoms with E-state index in [0.29, 0.717) is 35.5 Å². The quantitative estimate of drug-likeness (QED) is 0.590. The highest BCUT2D eigenvalue weighted by atomic mass is 19.4. The molecule has 0 radical (unpaired) electrons. The predicted molar refractivity (Wildman–Crippen MR) is 128 cm³/mol. The molecule has 1 saturated heterocycles. The van der Waals surface area contributed by atoms with Crippen molar-refractivity contribution in [2.45, 2.75) is 71.3 Å². The Labute approximate surface area is 208 Å². The number of carbonyl (C=O) groups is 2. The molecule has 0 unspecified atom stereocenters. The van der Waals surface area contributed by atoms with E-state index in [9.17, 15) is 22.8 Å². The molecule has 1 fully saturated rings. The van der Waals surface area contributed by atoms with Crippen molar-refractivity contribution in [1.82, 2.24) is 15.1 Å². The Morgan fingerprint density at radius 1 is 1.11 bits per heavy atom.